The van der Waals surface area contributed by atoms with E-state index in [2.05, 4.69) is 14.9 Å². The Kier molecular flexibility index (Phi) is 4.64. The number of hydrogen-bond acceptors (Lipinski definition) is 5. The monoisotopic (exact) mass is 348 g/mol. The second-order valence-electron chi connectivity index (χ2n) is 4.31. The van der Waals surface area contributed by atoms with Crippen LogP contribution >= 0.6 is 11.6 Å². The molecule has 0 saturated carbocycles. The van der Waals surface area contributed by atoms with Crippen molar-refractivity contribution in [3.8, 4) is 0 Å². The fourth-order valence-electron chi connectivity index (χ4n) is 1.62. The Hall–Kier alpha value is -1.45. The van der Waals surface area contributed by atoms with Gasteiger partial charge < -0.3 is 0 Å². The molecule has 1 heterocycles. The standard InChI is InChI=1S/C11H13ClN4O3S2/c1-16-13-6-11(14-16)21(18,19)15-10-5-8(7-20(2)17)3-4-9(10)12/h3-6,15H,7H2,1-2H3. The average Bonchev–Trinajstić information content (AvgIpc) is 2.80. The maximum atomic E-state index is 12.2. The molecule has 0 aliphatic carbocycles. The summed E-state index contributed by atoms with van der Waals surface area (Å²) in [6.07, 6.45) is 2.71. The van der Waals surface area contributed by atoms with Crippen molar-refractivity contribution in [3.63, 3.8) is 0 Å². The second kappa shape index (κ2) is 6.12. The van der Waals surface area contributed by atoms with Crippen LogP contribution in [0.15, 0.2) is 29.4 Å². The zero-order valence-corrected chi connectivity index (χ0v) is 13.7. The minimum atomic E-state index is -3.86. The zero-order chi connectivity index (χ0) is 15.6. The largest absolute Gasteiger partial charge is 0.282 e. The number of halogens is 1. The molecular weight excluding hydrogens is 336 g/mol. The summed E-state index contributed by atoms with van der Waals surface area (Å²) in [4.78, 5) is 1.15. The summed E-state index contributed by atoms with van der Waals surface area (Å²) in [6.45, 7) is 0. The number of rotatable bonds is 5. The highest BCUT2D eigenvalue weighted by molar-refractivity contribution is 7.92. The fraction of sp³-hybridized carbons (Fsp3) is 0.273. The minimum Gasteiger partial charge on any atom is -0.277 e. The molecule has 0 spiro atoms. The van der Waals surface area contributed by atoms with E-state index in [1.807, 2.05) is 0 Å². The molecule has 10 heteroatoms. The lowest BCUT2D eigenvalue weighted by atomic mass is 10.2. The van der Waals surface area contributed by atoms with E-state index >= 15 is 0 Å². The summed E-state index contributed by atoms with van der Waals surface area (Å²) in [5.74, 6) is 0.317. The summed E-state index contributed by atoms with van der Waals surface area (Å²) in [7, 11) is -3.38. The molecule has 1 aromatic heterocycles. The first-order chi connectivity index (χ1) is 9.78. The lowest BCUT2D eigenvalue weighted by molar-refractivity contribution is 0.588. The Labute approximate surface area is 129 Å². The third kappa shape index (κ3) is 4.02. The number of aromatic nitrogens is 3. The molecule has 1 aromatic carbocycles. The van der Waals surface area contributed by atoms with Crippen molar-refractivity contribution in [1.82, 2.24) is 15.0 Å². The minimum absolute atomic E-state index is 0.203. The van der Waals surface area contributed by atoms with Gasteiger partial charge in [0.25, 0.3) is 10.0 Å². The van der Waals surface area contributed by atoms with E-state index in [4.69, 9.17) is 11.6 Å². The Balaban J connectivity index is 2.32. The molecule has 0 saturated heterocycles. The van der Waals surface area contributed by atoms with Crippen LogP contribution in [-0.4, -0.2) is 33.9 Å². The predicted octanol–water partition coefficient (Wildman–Crippen LogP) is 1.15. The third-order valence-corrected chi connectivity index (χ3v) is 4.79. The molecule has 0 fully saturated rings. The van der Waals surface area contributed by atoms with E-state index in [0.29, 0.717) is 5.75 Å². The number of hydrogen-bond donors (Lipinski definition) is 1. The highest BCUT2D eigenvalue weighted by Gasteiger charge is 2.19. The number of sulfonamides is 1. The van der Waals surface area contributed by atoms with Crippen LogP contribution in [0.5, 0.6) is 0 Å². The van der Waals surface area contributed by atoms with Crippen LogP contribution in [0.2, 0.25) is 5.02 Å². The smallest absolute Gasteiger partial charge is 0.277 e. The molecule has 7 nitrogen and oxygen atoms in total. The molecule has 0 amide bonds. The molecule has 114 valence electrons. The SMILES string of the molecule is Cn1ncc(S(=O)(=O)Nc2cc(CS(C)=O)ccc2Cl)n1. The van der Waals surface area contributed by atoms with Crippen molar-refractivity contribution in [2.24, 2.45) is 7.05 Å². The number of nitrogens with zero attached hydrogens (tertiary/aromatic N) is 3. The van der Waals surface area contributed by atoms with Gasteiger partial charge in [-0.05, 0) is 17.7 Å². The van der Waals surface area contributed by atoms with E-state index in [0.717, 1.165) is 16.6 Å². The Morgan fingerprint density at radius 1 is 1.43 bits per heavy atom. The normalized spacial score (nSPS) is 13.1. The Morgan fingerprint density at radius 2 is 2.14 bits per heavy atom. The molecule has 1 atom stereocenters. The molecule has 1 N–H and O–H groups in total. The van der Waals surface area contributed by atoms with Crippen LogP contribution in [0.1, 0.15) is 5.56 Å². The highest BCUT2D eigenvalue weighted by Crippen LogP contribution is 2.25. The van der Waals surface area contributed by atoms with Crippen LogP contribution < -0.4 is 4.72 Å². The van der Waals surface area contributed by atoms with Crippen LogP contribution in [0.3, 0.4) is 0 Å². The second-order valence-corrected chi connectivity index (χ2v) is 7.78. The summed E-state index contributed by atoms with van der Waals surface area (Å²) >= 11 is 5.99. The molecule has 2 rings (SSSR count). The van der Waals surface area contributed by atoms with Crippen molar-refractivity contribution in [2.75, 3.05) is 11.0 Å². The number of benzene rings is 1. The van der Waals surface area contributed by atoms with Gasteiger partial charge in [-0.1, -0.05) is 17.7 Å². The molecular formula is C11H13ClN4O3S2. The van der Waals surface area contributed by atoms with Crippen LogP contribution in [0, 0.1) is 0 Å². The number of aryl methyl sites for hydroxylation is 1. The number of anilines is 1. The highest BCUT2D eigenvalue weighted by atomic mass is 35.5. The summed E-state index contributed by atoms with van der Waals surface area (Å²) in [5.41, 5.74) is 0.933. The molecule has 1 unspecified atom stereocenters. The first-order valence-corrected chi connectivity index (χ1v) is 9.34. The first-order valence-electron chi connectivity index (χ1n) is 5.75. The molecule has 0 radical (unpaired) electrons. The Morgan fingerprint density at radius 3 is 2.71 bits per heavy atom. The lowest BCUT2D eigenvalue weighted by Crippen LogP contribution is -2.14. The molecule has 21 heavy (non-hydrogen) atoms. The van der Waals surface area contributed by atoms with Crippen molar-refractivity contribution >= 4 is 38.1 Å². The van der Waals surface area contributed by atoms with Crippen molar-refractivity contribution in [3.05, 3.63) is 35.0 Å². The van der Waals surface area contributed by atoms with Crippen molar-refractivity contribution in [2.45, 2.75) is 10.8 Å². The van der Waals surface area contributed by atoms with Gasteiger partial charge in [-0.2, -0.15) is 18.3 Å². The molecule has 2 aromatic rings. The summed E-state index contributed by atoms with van der Waals surface area (Å²) in [5, 5.41) is 7.50. The van der Waals surface area contributed by atoms with E-state index in [1.165, 1.54) is 7.05 Å². The quantitative estimate of drug-likeness (QED) is 0.874. The van der Waals surface area contributed by atoms with Gasteiger partial charge in [0.15, 0.2) is 0 Å². The first kappa shape index (κ1) is 15.9. The third-order valence-electron chi connectivity index (χ3n) is 2.50. The van der Waals surface area contributed by atoms with Crippen molar-refractivity contribution < 1.29 is 12.6 Å². The lowest BCUT2D eigenvalue weighted by Gasteiger charge is -2.09. The van der Waals surface area contributed by atoms with Crippen LogP contribution in [0.4, 0.5) is 5.69 Å². The predicted molar refractivity (Wildman–Crippen MR) is 81.0 cm³/mol. The zero-order valence-electron chi connectivity index (χ0n) is 11.3. The van der Waals surface area contributed by atoms with Gasteiger partial charge in [0.05, 0.1) is 16.9 Å². The average molecular weight is 349 g/mol. The molecule has 0 bridgehead atoms. The van der Waals surface area contributed by atoms with Gasteiger partial charge in [0.2, 0.25) is 5.03 Å². The molecule has 0 aliphatic rings. The maximum absolute atomic E-state index is 12.2. The summed E-state index contributed by atoms with van der Waals surface area (Å²) < 4.78 is 37.9. The van der Waals surface area contributed by atoms with Crippen molar-refractivity contribution in [1.29, 1.82) is 0 Å². The van der Waals surface area contributed by atoms with Gasteiger partial charge in [0, 0.05) is 29.9 Å². The topological polar surface area (TPSA) is 94.0 Å². The maximum Gasteiger partial charge on any atom is 0.282 e. The van der Waals surface area contributed by atoms with E-state index < -0.39 is 20.8 Å². The van der Waals surface area contributed by atoms with E-state index in [-0.39, 0.29) is 15.7 Å². The number of nitrogens with one attached hydrogen (secondary N) is 1. The van der Waals surface area contributed by atoms with Gasteiger partial charge in [0.1, 0.15) is 0 Å². The van der Waals surface area contributed by atoms with Gasteiger partial charge in [-0.3, -0.25) is 8.93 Å². The van der Waals surface area contributed by atoms with E-state index in [1.54, 1.807) is 24.5 Å². The summed E-state index contributed by atoms with van der Waals surface area (Å²) in [6, 6.07) is 4.81. The Bertz CT molecular complexity index is 789. The van der Waals surface area contributed by atoms with Crippen LogP contribution in [-0.2, 0) is 33.6 Å². The van der Waals surface area contributed by atoms with Gasteiger partial charge in [-0.15, -0.1) is 5.10 Å². The van der Waals surface area contributed by atoms with Crippen LogP contribution in [0.25, 0.3) is 0 Å². The van der Waals surface area contributed by atoms with E-state index in [9.17, 15) is 12.6 Å². The molecule has 0 aliphatic heterocycles. The van der Waals surface area contributed by atoms with Gasteiger partial charge >= 0.3 is 0 Å². The van der Waals surface area contributed by atoms with Gasteiger partial charge in [-0.25, -0.2) is 0 Å². The fourth-order valence-corrected chi connectivity index (χ4v) is 3.47.